The lowest BCUT2D eigenvalue weighted by Gasteiger charge is -2.29. The number of carbonyl (C=O) groups is 1. The fourth-order valence-electron chi connectivity index (χ4n) is 3.97. The van der Waals surface area contributed by atoms with Gasteiger partial charge in [-0.1, -0.05) is 48.5 Å². The van der Waals surface area contributed by atoms with Crippen LogP contribution in [0.4, 0.5) is 16.0 Å². The number of ether oxygens (including phenoxy) is 1. The van der Waals surface area contributed by atoms with Crippen LogP contribution in [0, 0.1) is 5.82 Å². The van der Waals surface area contributed by atoms with E-state index in [1.165, 1.54) is 18.5 Å². The summed E-state index contributed by atoms with van der Waals surface area (Å²) in [6.07, 6.45) is 1.45. The first-order valence-electron chi connectivity index (χ1n) is 10.8. The quantitative estimate of drug-likeness (QED) is 0.431. The summed E-state index contributed by atoms with van der Waals surface area (Å²) in [6.45, 7) is 2.09. The Balaban J connectivity index is 1.51. The molecule has 5 rings (SSSR count). The maximum absolute atomic E-state index is 13.5. The highest BCUT2D eigenvalue weighted by Crippen LogP contribution is 2.39. The van der Waals surface area contributed by atoms with Gasteiger partial charge in [0.25, 0.3) is 5.91 Å². The van der Waals surface area contributed by atoms with Crippen LogP contribution in [0.3, 0.4) is 0 Å². The summed E-state index contributed by atoms with van der Waals surface area (Å²) in [4.78, 5) is 17.8. The molecule has 0 spiro atoms. The van der Waals surface area contributed by atoms with E-state index in [9.17, 15) is 9.18 Å². The Hall–Kier alpha value is -4.46. The zero-order chi connectivity index (χ0) is 23.5. The van der Waals surface area contributed by atoms with Gasteiger partial charge in [0.1, 0.15) is 30.5 Å². The molecule has 1 aliphatic rings. The molecule has 0 saturated heterocycles. The number of carbonyl (C=O) groups excluding carboxylic acids is 1. The van der Waals surface area contributed by atoms with Gasteiger partial charge >= 0.3 is 0 Å². The molecule has 4 aromatic rings. The number of benzene rings is 3. The number of fused-ring (bicyclic) bond motifs is 1. The second-order valence-corrected chi connectivity index (χ2v) is 7.87. The average molecular weight is 455 g/mol. The Morgan fingerprint density at radius 3 is 2.59 bits per heavy atom. The van der Waals surface area contributed by atoms with Crippen LogP contribution in [-0.2, 0) is 11.4 Å². The molecule has 170 valence electrons. The number of nitrogens with zero attached hydrogens (tertiary/aromatic N) is 3. The molecule has 0 radical (unpaired) electrons. The summed E-state index contributed by atoms with van der Waals surface area (Å²) < 4.78 is 21.1. The molecule has 0 unspecified atom stereocenters. The summed E-state index contributed by atoms with van der Waals surface area (Å²) in [5.74, 6) is 0.577. The Kier molecular flexibility index (Phi) is 5.78. The van der Waals surface area contributed by atoms with Gasteiger partial charge in [-0.3, -0.25) is 4.79 Å². The first kappa shape index (κ1) is 21.4. The predicted molar refractivity (Wildman–Crippen MR) is 127 cm³/mol. The third kappa shape index (κ3) is 4.25. The molecule has 3 aromatic carbocycles. The first-order valence-corrected chi connectivity index (χ1v) is 10.8. The van der Waals surface area contributed by atoms with Gasteiger partial charge in [0.15, 0.2) is 0 Å². The van der Waals surface area contributed by atoms with Crippen molar-refractivity contribution in [2.45, 2.75) is 19.6 Å². The zero-order valence-electron chi connectivity index (χ0n) is 18.4. The van der Waals surface area contributed by atoms with Crippen LogP contribution < -0.4 is 15.4 Å². The molecular weight excluding hydrogens is 433 g/mol. The van der Waals surface area contributed by atoms with Crippen LogP contribution in [0.1, 0.15) is 24.1 Å². The minimum atomic E-state index is -0.563. The molecule has 2 N–H and O–H groups in total. The summed E-state index contributed by atoms with van der Waals surface area (Å²) in [7, 11) is 0. The van der Waals surface area contributed by atoms with Crippen LogP contribution in [0.5, 0.6) is 5.75 Å². The molecule has 1 aromatic heterocycles. The second-order valence-electron chi connectivity index (χ2n) is 7.87. The molecule has 0 aliphatic carbocycles. The number of nitrogens with one attached hydrogen (secondary N) is 2. The first-order chi connectivity index (χ1) is 16.6. The van der Waals surface area contributed by atoms with Crippen LogP contribution in [-0.4, -0.2) is 20.7 Å². The van der Waals surface area contributed by atoms with E-state index >= 15 is 0 Å². The molecule has 0 saturated carbocycles. The van der Waals surface area contributed by atoms with Gasteiger partial charge in [0.2, 0.25) is 5.95 Å². The van der Waals surface area contributed by atoms with Crippen molar-refractivity contribution in [1.29, 1.82) is 0 Å². The number of hydrogen-bond donors (Lipinski definition) is 2. The van der Waals surface area contributed by atoms with Crippen molar-refractivity contribution in [3.63, 3.8) is 0 Å². The van der Waals surface area contributed by atoms with Crippen molar-refractivity contribution in [1.82, 2.24) is 14.8 Å². The number of halogens is 1. The highest BCUT2D eigenvalue weighted by molar-refractivity contribution is 6.06. The van der Waals surface area contributed by atoms with Crippen LogP contribution in [0.15, 0.2) is 96.5 Å². The number of para-hydroxylation sites is 2. The minimum absolute atomic E-state index is 0.251. The molecule has 8 heteroatoms. The largest absolute Gasteiger partial charge is 0.489 e. The Labute approximate surface area is 195 Å². The molecule has 2 heterocycles. The van der Waals surface area contributed by atoms with Crippen molar-refractivity contribution >= 4 is 17.5 Å². The molecule has 7 nitrogen and oxygen atoms in total. The van der Waals surface area contributed by atoms with Gasteiger partial charge in [-0.15, -0.1) is 0 Å². The highest BCUT2D eigenvalue weighted by Gasteiger charge is 2.35. The average Bonchev–Trinajstić information content (AvgIpc) is 3.32. The Morgan fingerprint density at radius 2 is 1.79 bits per heavy atom. The molecule has 0 bridgehead atoms. The number of allylic oxidation sites excluding steroid dienone is 1. The van der Waals surface area contributed by atoms with Crippen molar-refractivity contribution in [3.05, 3.63) is 113 Å². The van der Waals surface area contributed by atoms with E-state index in [0.717, 1.165) is 11.1 Å². The third-order valence-electron chi connectivity index (χ3n) is 5.59. The van der Waals surface area contributed by atoms with E-state index in [4.69, 9.17) is 4.74 Å². The fraction of sp³-hybridized carbons (Fsp3) is 0.115. The molecular formula is C26H22FN5O2. The Bertz CT molecular complexity index is 1350. The van der Waals surface area contributed by atoms with E-state index in [1.807, 2.05) is 61.5 Å². The van der Waals surface area contributed by atoms with Gasteiger partial charge in [-0.25, -0.2) is 9.07 Å². The SMILES string of the molecule is CC1=C(C(=O)Nc2ccccc2)[C@H](c2ccccc2OCc2ccc(F)cc2)n2ncnc2N1. The number of hydrogen-bond acceptors (Lipinski definition) is 5. The molecule has 34 heavy (non-hydrogen) atoms. The number of anilines is 2. The van der Waals surface area contributed by atoms with E-state index < -0.39 is 6.04 Å². The lowest BCUT2D eigenvalue weighted by molar-refractivity contribution is -0.113. The fourth-order valence-corrected chi connectivity index (χ4v) is 3.97. The summed E-state index contributed by atoms with van der Waals surface area (Å²) in [6, 6.07) is 22.4. The maximum atomic E-state index is 13.5. The normalized spacial score (nSPS) is 14.8. The predicted octanol–water partition coefficient (Wildman–Crippen LogP) is 4.92. The summed E-state index contributed by atoms with van der Waals surface area (Å²) in [5, 5.41) is 10.5. The van der Waals surface area contributed by atoms with Crippen LogP contribution >= 0.6 is 0 Å². The van der Waals surface area contributed by atoms with Gasteiger partial charge in [0.05, 0.1) is 5.57 Å². The van der Waals surface area contributed by atoms with Crippen molar-refractivity contribution in [2.24, 2.45) is 0 Å². The highest BCUT2D eigenvalue weighted by atomic mass is 19.1. The zero-order valence-corrected chi connectivity index (χ0v) is 18.4. The monoisotopic (exact) mass is 455 g/mol. The van der Waals surface area contributed by atoms with Crippen LogP contribution in [0.25, 0.3) is 0 Å². The molecule has 1 atom stereocenters. The lowest BCUT2D eigenvalue weighted by Crippen LogP contribution is -2.31. The van der Waals surface area contributed by atoms with E-state index in [2.05, 4.69) is 20.7 Å². The molecule has 1 amide bonds. The van der Waals surface area contributed by atoms with Crippen molar-refractivity contribution in [2.75, 3.05) is 10.6 Å². The Morgan fingerprint density at radius 1 is 1.06 bits per heavy atom. The molecule has 0 fully saturated rings. The van der Waals surface area contributed by atoms with Gasteiger partial charge in [0, 0.05) is 16.9 Å². The van der Waals surface area contributed by atoms with Gasteiger partial charge in [-0.2, -0.15) is 10.1 Å². The number of amides is 1. The minimum Gasteiger partial charge on any atom is -0.489 e. The van der Waals surface area contributed by atoms with Crippen molar-refractivity contribution < 1.29 is 13.9 Å². The number of aromatic nitrogens is 3. The van der Waals surface area contributed by atoms with Crippen molar-refractivity contribution in [3.8, 4) is 5.75 Å². The maximum Gasteiger partial charge on any atom is 0.255 e. The summed E-state index contributed by atoms with van der Waals surface area (Å²) in [5.41, 5.74) is 3.45. The van der Waals surface area contributed by atoms with E-state index in [1.54, 1.807) is 16.8 Å². The third-order valence-corrected chi connectivity index (χ3v) is 5.59. The smallest absolute Gasteiger partial charge is 0.255 e. The van der Waals surface area contributed by atoms with E-state index in [0.29, 0.717) is 28.7 Å². The molecule has 1 aliphatic heterocycles. The van der Waals surface area contributed by atoms with Gasteiger partial charge < -0.3 is 15.4 Å². The van der Waals surface area contributed by atoms with Gasteiger partial charge in [-0.05, 0) is 42.8 Å². The van der Waals surface area contributed by atoms with E-state index in [-0.39, 0.29) is 18.3 Å². The number of rotatable bonds is 6. The van der Waals surface area contributed by atoms with Crippen LogP contribution in [0.2, 0.25) is 0 Å². The summed E-state index contributed by atoms with van der Waals surface area (Å²) >= 11 is 0. The second kappa shape index (κ2) is 9.19. The topological polar surface area (TPSA) is 81.1 Å². The lowest BCUT2D eigenvalue weighted by atomic mass is 9.94. The standard InChI is InChI=1S/C26H22FN5O2/c1-17-23(25(33)31-20-7-3-2-4-8-20)24(32-26(30-17)28-16-29-32)21-9-5-6-10-22(21)34-15-18-11-13-19(27)14-12-18/h2-14,16,24H,15H2,1H3,(H,31,33)(H,28,29,30)/t24-/m0/s1.